The second kappa shape index (κ2) is 12.5. The minimum absolute atomic E-state index is 0.187. The smallest absolute Gasteiger partial charge is 0.303 e. The van der Waals surface area contributed by atoms with Crippen molar-refractivity contribution in [1.29, 1.82) is 0 Å². The standard InChI is InChI=1S/C20H36O4/c1-2-3-6-9-17(21)14-12-16-13-15-19(22)18(16)10-7-4-5-8-11-20(23)24/h16-18,21H,2-15H2,1H3,(H,23,24)/t16?,17-,18+/m0/s1. The number of carbonyl (C=O) groups excluding carboxylic acids is 1. The molecular weight excluding hydrogens is 304 g/mol. The summed E-state index contributed by atoms with van der Waals surface area (Å²) < 4.78 is 0. The molecule has 0 aromatic heterocycles. The summed E-state index contributed by atoms with van der Waals surface area (Å²) in [4.78, 5) is 22.6. The number of hydrogen-bond acceptors (Lipinski definition) is 3. The van der Waals surface area contributed by atoms with Crippen LogP contribution in [0.4, 0.5) is 0 Å². The minimum Gasteiger partial charge on any atom is -0.481 e. The maximum absolute atomic E-state index is 12.1. The van der Waals surface area contributed by atoms with Crippen molar-refractivity contribution in [2.75, 3.05) is 0 Å². The first-order valence-corrected chi connectivity index (χ1v) is 9.97. The molecule has 1 aliphatic rings. The largest absolute Gasteiger partial charge is 0.481 e. The van der Waals surface area contributed by atoms with Gasteiger partial charge in [0, 0.05) is 18.8 Å². The van der Waals surface area contributed by atoms with Crippen LogP contribution in [0.2, 0.25) is 0 Å². The Labute approximate surface area is 147 Å². The predicted octanol–water partition coefficient (Wildman–Crippen LogP) is 4.73. The fraction of sp³-hybridized carbons (Fsp3) is 0.900. The molecule has 1 unspecified atom stereocenters. The van der Waals surface area contributed by atoms with Crippen LogP contribution in [0.25, 0.3) is 0 Å². The monoisotopic (exact) mass is 340 g/mol. The Hall–Kier alpha value is -0.900. The Morgan fingerprint density at radius 2 is 1.83 bits per heavy atom. The van der Waals surface area contributed by atoms with Gasteiger partial charge in [-0.05, 0) is 44.4 Å². The number of aliphatic hydroxyl groups is 1. The van der Waals surface area contributed by atoms with Crippen LogP contribution in [0.5, 0.6) is 0 Å². The third kappa shape index (κ3) is 8.81. The molecule has 3 atom stereocenters. The normalized spacial score (nSPS) is 22.0. The van der Waals surface area contributed by atoms with E-state index >= 15 is 0 Å². The van der Waals surface area contributed by atoms with E-state index in [2.05, 4.69) is 6.92 Å². The number of unbranched alkanes of at least 4 members (excludes halogenated alkanes) is 5. The van der Waals surface area contributed by atoms with E-state index in [-0.39, 0.29) is 18.4 Å². The molecule has 24 heavy (non-hydrogen) atoms. The summed E-state index contributed by atoms with van der Waals surface area (Å²) in [7, 11) is 0. The Morgan fingerprint density at radius 1 is 1.08 bits per heavy atom. The van der Waals surface area contributed by atoms with Gasteiger partial charge in [0.15, 0.2) is 0 Å². The Kier molecular flexibility index (Phi) is 11.0. The molecule has 4 heteroatoms. The van der Waals surface area contributed by atoms with E-state index in [1.54, 1.807) is 0 Å². The molecule has 0 spiro atoms. The van der Waals surface area contributed by atoms with Gasteiger partial charge in [0.2, 0.25) is 0 Å². The molecule has 1 aliphatic carbocycles. The van der Waals surface area contributed by atoms with Crippen LogP contribution in [0.3, 0.4) is 0 Å². The number of carboxylic acid groups (broad SMARTS) is 1. The first-order valence-electron chi connectivity index (χ1n) is 9.97. The molecule has 1 saturated carbocycles. The van der Waals surface area contributed by atoms with Gasteiger partial charge in [-0.25, -0.2) is 0 Å². The zero-order chi connectivity index (χ0) is 17.8. The van der Waals surface area contributed by atoms with Gasteiger partial charge in [0.1, 0.15) is 5.78 Å². The van der Waals surface area contributed by atoms with Crippen LogP contribution < -0.4 is 0 Å². The van der Waals surface area contributed by atoms with Crippen molar-refractivity contribution in [3.63, 3.8) is 0 Å². The van der Waals surface area contributed by atoms with Crippen LogP contribution in [-0.2, 0) is 9.59 Å². The van der Waals surface area contributed by atoms with Gasteiger partial charge in [0.05, 0.1) is 6.10 Å². The average Bonchev–Trinajstić information content (AvgIpc) is 2.89. The van der Waals surface area contributed by atoms with E-state index in [0.29, 0.717) is 18.1 Å². The van der Waals surface area contributed by atoms with E-state index in [4.69, 9.17) is 5.11 Å². The highest BCUT2D eigenvalue weighted by molar-refractivity contribution is 5.83. The molecule has 0 aliphatic heterocycles. The van der Waals surface area contributed by atoms with Gasteiger partial charge in [-0.1, -0.05) is 45.4 Å². The number of aliphatic hydroxyl groups excluding tert-OH is 1. The number of Topliss-reactive ketones (excluding diaryl/α,β-unsaturated/α-hetero) is 1. The van der Waals surface area contributed by atoms with E-state index in [1.165, 1.54) is 12.8 Å². The highest BCUT2D eigenvalue weighted by Crippen LogP contribution is 2.36. The highest BCUT2D eigenvalue weighted by Gasteiger charge is 2.33. The van der Waals surface area contributed by atoms with Crippen molar-refractivity contribution < 1.29 is 19.8 Å². The van der Waals surface area contributed by atoms with Crippen molar-refractivity contribution in [3.05, 3.63) is 0 Å². The number of aliphatic carboxylic acids is 1. The molecule has 0 bridgehead atoms. The molecule has 0 aromatic carbocycles. The molecule has 0 heterocycles. The topological polar surface area (TPSA) is 74.6 Å². The van der Waals surface area contributed by atoms with Crippen LogP contribution in [0, 0.1) is 11.8 Å². The van der Waals surface area contributed by atoms with E-state index < -0.39 is 5.97 Å². The summed E-state index contributed by atoms with van der Waals surface area (Å²) in [5.74, 6) is 0.328. The van der Waals surface area contributed by atoms with Crippen molar-refractivity contribution in [2.24, 2.45) is 11.8 Å². The quantitative estimate of drug-likeness (QED) is 0.448. The van der Waals surface area contributed by atoms with Gasteiger partial charge in [-0.15, -0.1) is 0 Å². The van der Waals surface area contributed by atoms with Gasteiger partial charge < -0.3 is 10.2 Å². The fourth-order valence-corrected chi connectivity index (χ4v) is 3.89. The molecule has 4 nitrogen and oxygen atoms in total. The molecule has 140 valence electrons. The zero-order valence-electron chi connectivity index (χ0n) is 15.3. The van der Waals surface area contributed by atoms with Gasteiger partial charge >= 0.3 is 5.97 Å². The van der Waals surface area contributed by atoms with Crippen molar-refractivity contribution in [1.82, 2.24) is 0 Å². The van der Waals surface area contributed by atoms with Gasteiger partial charge in [-0.2, -0.15) is 0 Å². The molecule has 1 fully saturated rings. The first-order chi connectivity index (χ1) is 11.5. The summed E-state index contributed by atoms with van der Waals surface area (Å²) in [5, 5.41) is 18.7. The second-order valence-corrected chi connectivity index (χ2v) is 7.45. The second-order valence-electron chi connectivity index (χ2n) is 7.45. The van der Waals surface area contributed by atoms with E-state index in [9.17, 15) is 14.7 Å². The van der Waals surface area contributed by atoms with Crippen molar-refractivity contribution in [3.8, 4) is 0 Å². The molecule has 0 saturated heterocycles. The highest BCUT2D eigenvalue weighted by atomic mass is 16.4. The Morgan fingerprint density at radius 3 is 2.54 bits per heavy atom. The fourth-order valence-electron chi connectivity index (χ4n) is 3.89. The average molecular weight is 341 g/mol. The van der Waals surface area contributed by atoms with Crippen molar-refractivity contribution in [2.45, 2.75) is 103 Å². The number of carboxylic acids is 1. The Bertz CT molecular complexity index is 367. The number of rotatable bonds is 14. The molecule has 1 rings (SSSR count). The SMILES string of the molecule is CCCCC[C@H](O)CCC1CCC(=O)[C@@H]1CCCCCCC(=O)O. The minimum atomic E-state index is -0.724. The molecule has 2 N–H and O–H groups in total. The van der Waals surface area contributed by atoms with Crippen molar-refractivity contribution >= 4 is 11.8 Å². The maximum atomic E-state index is 12.1. The lowest BCUT2D eigenvalue weighted by Gasteiger charge is -2.20. The third-order valence-electron chi connectivity index (χ3n) is 5.41. The number of ketones is 1. The van der Waals surface area contributed by atoms with Crippen LogP contribution in [0.1, 0.15) is 96.8 Å². The van der Waals surface area contributed by atoms with E-state index in [0.717, 1.165) is 64.2 Å². The summed E-state index contributed by atoms with van der Waals surface area (Å²) in [6.45, 7) is 2.17. The molecular formula is C20H36O4. The lowest BCUT2D eigenvalue weighted by molar-refractivity contribution is -0.137. The summed E-state index contributed by atoms with van der Waals surface area (Å²) in [6, 6.07) is 0. The van der Waals surface area contributed by atoms with Crippen LogP contribution >= 0.6 is 0 Å². The Balaban J connectivity index is 2.19. The number of carbonyl (C=O) groups is 2. The third-order valence-corrected chi connectivity index (χ3v) is 5.41. The van der Waals surface area contributed by atoms with E-state index in [1.807, 2.05) is 0 Å². The lowest BCUT2D eigenvalue weighted by atomic mass is 9.86. The summed E-state index contributed by atoms with van der Waals surface area (Å²) in [6.07, 6.45) is 12.6. The maximum Gasteiger partial charge on any atom is 0.303 e. The first kappa shape index (κ1) is 21.1. The zero-order valence-corrected chi connectivity index (χ0v) is 15.3. The van der Waals surface area contributed by atoms with Crippen LogP contribution in [-0.4, -0.2) is 28.1 Å². The van der Waals surface area contributed by atoms with Gasteiger partial charge in [0.25, 0.3) is 0 Å². The van der Waals surface area contributed by atoms with Gasteiger partial charge in [-0.3, -0.25) is 9.59 Å². The number of hydrogen-bond donors (Lipinski definition) is 2. The summed E-state index contributed by atoms with van der Waals surface area (Å²) in [5.41, 5.74) is 0. The lowest BCUT2D eigenvalue weighted by Crippen LogP contribution is -2.17. The predicted molar refractivity (Wildman–Crippen MR) is 95.9 cm³/mol. The molecule has 0 amide bonds. The molecule has 0 aromatic rings. The van der Waals surface area contributed by atoms with Crippen LogP contribution in [0.15, 0.2) is 0 Å². The summed E-state index contributed by atoms with van der Waals surface area (Å²) >= 11 is 0. The molecule has 0 radical (unpaired) electrons.